The van der Waals surface area contributed by atoms with Crippen LogP contribution >= 0.6 is 0 Å². The minimum atomic E-state index is -0.140. The minimum absolute atomic E-state index is 0.00441. The molecule has 1 aliphatic rings. The van der Waals surface area contributed by atoms with Gasteiger partial charge in [0.15, 0.2) is 17.1 Å². The predicted octanol–water partition coefficient (Wildman–Crippen LogP) is 4.23. The summed E-state index contributed by atoms with van der Waals surface area (Å²) in [6.07, 6.45) is 2.53. The number of aromatic nitrogens is 5. The highest BCUT2D eigenvalue weighted by molar-refractivity contribution is 6.06. The Hall–Kier alpha value is -3.91. The van der Waals surface area contributed by atoms with Gasteiger partial charge in [-0.15, -0.1) is 0 Å². The smallest absolute Gasteiger partial charge is 0.265 e. The summed E-state index contributed by atoms with van der Waals surface area (Å²) in [5.74, 6) is 0.652. The van der Waals surface area contributed by atoms with E-state index in [0.717, 1.165) is 25.0 Å². The van der Waals surface area contributed by atoms with Crippen LogP contribution in [-0.2, 0) is 17.7 Å². The number of ketones is 1. The first kappa shape index (κ1) is 21.6. The zero-order chi connectivity index (χ0) is 24.1. The van der Waals surface area contributed by atoms with Crippen molar-refractivity contribution in [1.82, 2.24) is 24.1 Å². The van der Waals surface area contributed by atoms with E-state index in [1.807, 2.05) is 54.0 Å². The van der Waals surface area contributed by atoms with Crippen LogP contribution in [-0.4, -0.2) is 42.6 Å². The molecule has 8 nitrogen and oxygen atoms in total. The van der Waals surface area contributed by atoms with Crippen LogP contribution in [0.5, 0.6) is 0 Å². The van der Waals surface area contributed by atoms with Crippen molar-refractivity contribution in [2.75, 3.05) is 6.61 Å². The molecule has 35 heavy (non-hydrogen) atoms. The maximum absolute atomic E-state index is 14.0. The van der Waals surface area contributed by atoms with Gasteiger partial charge in [0.1, 0.15) is 16.7 Å². The van der Waals surface area contributed by atoms with E-state index in [4.69, 9.17) is 19.7 Å². The van der Waals surface area contributed by atoms with Crippen LogP contribution in [0.4, 0.5) is 0 Å². The summed E-state index contributed by atoms with van der Waals surface area (Å²) in [4.78, 5) is 40.9. The molecule has 6 rings (SSSR count). The standard InChI is InChI=1S/C27H25N5O3/c1-3-22-30-25-23(27(34)31(22)15-19-10-7-13-35-19)24-26(29-21-12-5-4-11-20(21)28-24)32(25)18-9-6-8-17(14-18)16(2)33/h4-6,8-9,11-12,14,19H,3,7,10,13,15H2,1-2H3/t19-/m0/s1. The molecule has 1 aliphatic heterocycles. The van der Waals surface area contributed by atoms with Gasteiger partial charge in [-0.3, -0.25) is 18.7 Å². The zero-order valence-corrected chi connectivity index (χ0v) is 19.7. The van der Waals surface area contributed by atoms with Crippen molar-refractivity contribution in [3.63, 3.8) is 0 Å². The summed E-state index contributed by atoms with van der Waals surface area (Å²) in [6, 6.07) is 14.9. The van der Waals surface area contributed by atoms with Crippen molar-refractivity contribution >= 4 is 39.0 Å². The lowest BCUT2D eigenvalue weighted by Crippen LogP contribution is -2.30. The van der Waals surface area contributed by atoms with E-state index < -0.39 is 0 Å². The first-order chi connectivity index (χ1) is 17.0. The molecule has 0 bridgehead atoms. The molecule has 0 aliphatic carbocycles. The SMILES string of the molecule is CCc1nc2c(c(=O)n1C[C@@H]1CCCO1)c1nc3ccccc3nc1n2-c1cccc(C(C)=O)c1. The number of hydrogen-bond acceptors (Lipinski definition) is 6. The number of carbonyl (C=O) groups excluding carboxylic acids is 1. The molecule has 0 amide bonds. The van der Waals surface area contributed by atoms with Gasteiger partial charge in [-0.1, -0.05) is 31.2 Å². The molecule has 0 radical (unpaired) electrons. The monoisotopic (exact) mass is 467 g/mol. The Bertz CT molecular complexity index is 1680. The van der Waals surface area contributed by atoms with Gasteiger partial charge in [0, 0.05) is 24.3 Å². The summed E-state index contributed by atoms with van der Waals surface area (Å²) in [5.41, 5.74) is 4.14. The van der Waals surface area contributed by atoms with Crippen LogP contribution in [0.1, 0.15) is 42.9 Å². The van der Waals surface area contributed by atoms with Crippen LogP contribution in [0.2, 0.25) is 0 Å². The average molecular weight is 468 g/mol. The third-order valence-corrected chi connectivity index (χ3v) is 6.68. The van der Waals surface area contributed by atoms with Crippen molar-refractivity contribution in [3.8, 4) is 5.69 Å². The number of carbonyl (C=O) groups is 1. The third-order valence-electron chi connectivity index (χ3n) is 6.68. The fourth-order valence-electron chi connectivity index (χ4n) is 4.93. The minimum Gasteiger partial charge on any atom is -0.376 e. The molecule has 3 aromatic heterocycles. The molecule has 1 fully saturated rings. The number of rotatable bonds is 5. The van der Waals surface area contributed by atoms with Crippen LogP contribution in [0.15, 0.2) is 53.3 Å². The number of aryl methyl sites for hydroxylation is 1. The topological polar surface area (TPSA) is 91.9 Å². The second-order valence-electron chi connectivity index (χ2n) is 8.96. The number of benzene rings is 2. The number of hydrogen-bond donors (Lipinski definition) is 0. The molecular formula is C27H25N5O3. The molecule has 0 N–H and O–H groups in total. The summed E-state index contributed by atoms with van der Waals surface area (Å²) in [7, 11) is 0. The van der Waals surface area contributed by atoms with Gasteiger partial charge >= 0.3 is 0 Å². The van der Waals surface area contributed by atoms with Crippen LogP contribution in [0.25, 0.3) is 38.9 Å². The summed E-state index contributed by atoms with van der Waals surface area (Å²) < 4.78 is 9.42. The number of fused-ring (bicyclic) bond motifs is 4. The highest BCUT2D eigenvalue weighted by Crippen LogP contribution is 2.29. The maximum Gasteiger partial charge on any atom is 0.265 e. The van der Waals surface area contributed by atoms with Gasteiger partial charge in [0.05, 0.1) is 23.7 Å². The van der Waals surface area contributed by atoms with E-state index in [1.54, 1.807) is 10.6 Å². The van der Waals surface area contributed by atoms with Gasteiger partial charge in [-0.25, -0.2) is 15.0 Å². The summed E-state index contributed by atoms with van der Waals surface area (Å²) in [6.45, 7) is 4.72. The quantitative estimate of drug-likeness (QED) is 0.359. The van der Waals surface area contributed by atoms with E-state index in [1.165, 1.54) is 6.92 Å². The molecule has 0 unspecified atom stereocenters. The maximum atomic E-state index is 14.0. The number of para-hydroxylation sites is 2. The molecule has 8 heteroatoms. The van der Waals surface area contributed by atoms with Crippen LogP contribution in [0.3, 0.4) is 0 Å². The Morgan fingerprint density at radius 1 is 1.06 bits per heavy atom. The normalized spacial score (nSPS) is 16.0. The highest BCUT2D eigenvalue weighted by atomic mass is 16.5. The first-order valence-corrected chi connectivity index (χ1v) is 12.0. The average Bonchev–Trinajstić information content (AvgIpc) is 3.49. The lowest BCUT2D eigenvalue weighted by atomic mass is 10.1. The van der Waals surface area contributed by atoms with Crippen molar-refractivity contribution < 1.29 is 9.53 Å². The molecule has 176 valence electrons. The van der Waals surface area contributed by atoms with E-state index in [2.05, 4.69) is 0 Å². The number of ether oxygens (including phenoxy) is 1. The molecular weight excluding hydrogens is 442 g/mol. The Labute approximate surface area is 201 Å². The van der Waals surface area contributed by atoms with E-state index in [9.17, 15) is 9.59 Å². The van der Waals surface area contributed by atoms with Gasteiger partial charge in [0.2, 0.25) is 0 Å². The van der Waals surface area contributed by atoms with Gasteiger partial charge in [-0.05, 0) is 44.0 Å². The molecule has 0 saturated carbocycles. The molecule has 2 aromatic carbocycles. The fourth-order valence-corrected chi connectivity index (χ4v) is 4.93. The predicted molar refractivity (Wildman–Crippen MR) is 134 cm³/mol. The van der Waals surface area contributed by atoms with Gasteiger partial charge in [-0.2, -0.15) is 0 Å². The highest BCUT2D eigenvalue weighted by Gasteiger charge is 2.25. The van der Waals surface area contributed by atoms with Crippen LogP contribution < -0.4 is 5.56 Å². The van der Waals surface area contributed by atoms with Crippen molar-refractivity contribution in [3.05, 3.63) is 70.3 Å². The summed E-state index contributed by atoms with van der Waals surface area (Å²) >= 11 is 0. The van der Waals surface area contributed by atoms with E-state index in [0.29, 0.717) is 57.8 Å². The Morgan fingerprint density at radius 2 is 1.86 bits per heavy atom. The van der Waals surface area contributed by atoms with E-state index >= 15 is 0 Å². The fraction of sp³-hybridized carbons (Fsp3) is 0.296. The molecule has 0 spiro atoms. The second kappa shape index (κ2) is 8.39. The lowest BCUT2D eigenvalue weighted by molar-refractivity contribution is 0.0952. The zero-order valence-electron chi connectivity index (χ0n) is 19.7. The molecule has 5 aromatic rings. The second-order valence-corrected chi connectivity index (χ2v) is 8.96. The van der Waals surface area contributed by atoms with Crippen molar-refractivity contribution in [1.29, 1.82) is 0 Å². The number of nitrogens with zero attached hydrogens (tertiary/aromatic N) is 5. The van der Waals surface area contributed by atoms with Gasteiger partial charge in [0.25, 0.3) is 5.56 Å². The van der Waals surface area contributed by atoms with Crippen LogP contribution in [0, 0.1) is 0 Å². The molecule has 4 heterocycles. The Balaban J connectivity index is 1.73. The lowest BCUT2D eigenvalue weighted by Gasteiger charge is -2.16. The Kier molecular flexibility index (Phi) is 5.18. The molecule has 1 saturated heterocycles. The largest absolute Gasteiger partial charge is 0.376 e. The molecule has 1 atom stereocenters. The van der Waals surface area contributed by atoms with Gasteiger partial charge < -0.3 is 4.74 Å². The van der Waals surface area contributed by atoms with E-state index in [-0.39, 0.29) is 17.4 Å². The third kappa shape index (κ3) is 3.52. The van der Waals surface area contributed by atoms with Crippen molar-refractivity contribution in [2.24, 2.45) is 0 Å². The summed E-state index contributed by atoms with van der Waals surface area (Å²) in [5, 5.41) is 0.432. The number of Topliss-reactive ketones (excluding diaryl/α,β-unsaturated/α-hetero) is 1. The Morgan fingerprint density at radius 3 is 2.57 bits per heavy atom. The van der Waals surface area contributed by atoms with Crippen molar-refractivity contribution in [2.45, 2.75) is 45.8 Å². The first-order valence-electron chi connectivity index (χ1n) is 12.0.